The monoisotopic (exact) mass is 235 g/mol. The maximum atomic E-state index is 9.67. The molecule has 1 aromatic rings. The summed E-state index contributed by atoms with van der Waals surface area (Å²) in [6.45, 7) is 2.87. The zero-order valence-electron chi connectivity index (χ0n) is 10.3. The molecule has 3 N–H and O–H groups in total. The molecule has 3 heteroatoms. The van der Waals surface area contributed by atoms with Gasteiger partial charge in [-0.1, -0.05) is 18.9 Å². The smallest absolute Gasteiger partial charge is 0.123 e. The van der Waals surface area contributed by atoms with Gasteiger partial charge in [0.15, 0.2) is 0 Å². The molecule has 1 aliphatic rings. The van der Waals surface area contributed by atoms with Gasteiger partial charge < -0.3 is 15.5 Å². The van der Waals surface area contributed by atoms with Crippen LogP contribution in [0.5, 0.6) is 11.5 Å². The van der Waals surface area contributed by atoms with E-state index < -0.39 is 0 Å². The van der Waals surface area contributed by atoms with Crippen LogP contribution in [-0.4, -0.2) is 16.3 Å². The standard InChI is InChI=1S/C14H21NO2/c1-10(11-4-2-3-5-11)15-9-12-6-7-13(16)8-14(12)17/h6-8,10-11,15-17H,2-5,9H2,1H3. The second-order valence-corrected chi connectivity index (χ2v) is 5.03. The van der Waals surface area contributed by atoms with E-state index in [0.29, 0.717) is 12.6 Å². The van der Waals surface area contributed by atoms with Crippen LogP contribution in [0, 0.1) is 5.92 Å². The van der Waals surface area contributed by atoms with Crippen molar-refractivity contribution in [2.24, 2.45) is 5.92 Å². The zero-order chi connectivity index (χ0) is 12.3. The maximum Gasteiger partial charge on any atom is 0.123 e. The first kappa shape index (κ1) is 12.2. The Morgan fingerprint density at radius 2 is 2.00 bits per heavy atom. The summed E-state index contributed by atoms with van der Waals surface area (Å²) in [6.07, 6.45) is 5.33. The molecule has 17 heavy (non-hydrogen) atoms. The third-order valence-corrected chi connectivity index (χ3v) is 3.79. The number of aromatic hydroxyl groups is 2. The molecule has 0 bridgehead atoms. The summed E-state index contributed by atoms with van der Waals surface area (Å²) in [4.78, 5) is 0. The summed E-state index contributed by atoms with van der Waals surface area (Å²) in [7, 11) is 0. The SMILES string of the molecule is CC(NCc1ccc(O)cc1O)C1CCCC1. The van der Waals surface area contributed by atoms with E-state index in [9.17, 15) is 10.2 Å². The first-order valence-electron chi connectivity index (χ1n) is 6.41. The molecule has 1 aliphatic carbocycles. The minimum absolute atomic E-state index is 0.107. The van der Waals surface area contributed by atoms with Gasteiger partial charge in [-0.25, -0.2) is 0 Å². The number of rotatable bonds is 4. The van der Waals surface area contributed by atoms with E-state index in [-0.39, 0.29) is 11.5 Å². The van der Waals surface area contributed by atoms with Crippen LogP contribution in [0.1, 0.15) is 38.2 Å². The molecule has 1 saturated carbocycles. The molecule has 0 amide bonds. The van der Waals surface area contributed by atoms with Crippen molar-refractivity contribution in [2.45, 2.75) is 45.2 Å². The highest BCUT2D eigenvalue weighted by atomic mass is 16.3. The van der Waals surface area contributed by atoms with Crippen molar-refractivity contribution in [3.8, 4) is 11.5 Å². The number of benzene rings is 1. The Morgan fingerprint density at radius 1 is 1.29 bits per heavy atom. The van der Waals surface area contributed by atoms with Crippen molar-refractivity contribution in [3.63, 3.8) is 0 Å². The van der Waals surface area contributed by atoms with Crippen molar-refractivity contribution in [2.75, 3.05) is 0 Å². The molecular weight excluding hydrogens is 214 g/mol. The van der Waals surface area contributed by atoms with E-state index in [1.807, 2.05) is 0 Å². The quantitative estimate of drug-likeness (QED) is 0.752. The fourth-order valence-electron chi connectivity index (χ4n) is 2.60. The lowest BCUT2D eigenvalue weighted by Gasteiger charge is -2.20. The number of hydrogen-bond acceptors (Lipinski definition) is 3. The van der Waals surface area contributed by atoms with E-state index in [1.54, 1.807) is 12.1 Å². The van der Waals surface area contributed by atoms with E-state index in [2.05, 4.69) is 12.2 Å². The van der Waals surface area contributed by atoms with Crippen LogP contribution < -0.4 is 5.32 Å². The topological polar surface area (TPSA) is 52.5 Å². The van der Waals surface area contributed by atoms with Crippen LogP contribution in [0.4, 0.5) is 0 Å². The third-order valence-electron chi connectivity index (χ3n) is 3.79. The predicted molar refractivity (Wildman–Crippen MR) is 68.0 cm³/mol. The Bertz CT molecular complexity index is 372. The first-order valence-corrected chi connectivity index (χ1v) is 6.41. The average Bonchev–Trinajstić information content (AvgIpc) is 2.81. The Hall–Kier alpha value is -1.22. The van der Waals surface area contributed by atoms with Crippen LogP contribution >= 0.6 is 0 Å². The summed E-state index contributed by atoms with van der Waals surface area (Å²) in [6, 6.07) is 5.25. The summed E-state index contributed by atoms with van der Waals surface area (Å²) >= 11 is 0. The van der Waals surface area contributed by atoms with Gasteiger partial charge in [0, 0.05) is 24.2 Å². The van der Waals surface area contributed by atoms with Gasteiger partial charge in [-0.3, -0.25) is 0 Å². The van der Waals surface area contributed by atoms with E-state index in [4.69, 9.17) is 0 Å². The van der Waals surface area contributed by atoms with Crippen molar-refractivity contribution < 1.29 is 10.2 Å². The highest BCUT2D eigenvalue weighted by molar-refractivity contribution is 5.38. The molecule has 0 aromatic heterocycles. The Morgan fingerprint density at radius 3 is 2.65 bits per heavy atom. The van der Waals surface area contributed by atoms with Crippen LogP contribution in [0.3, 0.4) is 0 Å². The summed E-state index contributed by atoms with van der Waals surface area (Å²) in [5.74, 6) is 1.04. The van der Waals surface area contributed by atoms with Crippen LogP contribution in [0.2, 0.25) is 0 Å². The second-order valence-electron chi connectivity index (χ2n) is 5.03. The maximum absolute atomic E-state index is 9.67. The molecule has 2 rings (SSSR count). The van der Waals surface area contributed by atoms with E-state index in [1.165, 1.54) is 31.7 Å². The molecule has 1 aromatic carbocycles. The van der Waals surface area contributed by atoms with Gasteiger partial charge in [0.2, 0.25) is 0 Å². The molecule has 1 atom stereocenters. The number of phenols is 2. The lowest BCUT2D eigenvalue weighted by Crippen LogP contribution is -2.31. The van der Waals surface area contributed by atoms with Gasteiger partial charge >= 0.3 is 0 Å². The Kier molecular flexibility index (Phi) is 3.89. The van der Waals surface area contributed by atoms with Crippen LogP contribution in [0.25, 0.3) is 0 Å². The molecular formula is C14H21NO2. The summed E-state index contributed by atoms with van der Waals surface area (Å²) in [5, 5.41) is 22.3. The molecule has 0 aliphatic heterocycles. The fourth-order valence-corrected chi connectivity index (χ4v) is 2.60. The number of hydrogen-bond donors (Lipinski definition) is 3. The Labute approximate surface area is 102 Å². The number of phenolic OH excluding ortho intramolecular Hbond substituents is 2. The van der Waals surface area contributed by atoms with Gasteiger partial charge in [0.25, 0.3) is 0 Å². The fraction of sp³-hybridized carbons (Fsp3) is 0.571. The van der Waals surface area contributed by atoms with Crippen molar-refractivity contribution in [3.05, 3.63) is 23.8 Å². The molecule has 1 fully saturated rings. The average molecular weight is 235 g/mol. The van der Waals surface area contributed by atoms with Crippen molar-refractivity contribution in [1.29, 1.82) is 0 Å². The molecule has 1 unspecified atom stereocenters. The van der Waals surface area contributed by atoms with Gasteiger partial charge in [-0.05, 0) is 31.7 Å². The van der Waals surface area contributed by atoms with E-state index >= 15 is 0 Å². The van der Waals surface area contributed by atoms with Gasteiger partial charge in [0.05, 0.1) is 0 Å². The van der Waals surface area contributed by atoms with Crippen molar-refractivity contribution >= 4 is 0 Å². The first-order chi connectivity index (χ1) is 8.16. The van der Waals surface area contributed by atoms with Crippen molar-refractivity contribution in [1.82, 2.24) is 5.32 Å². The second kappa shape index (κ2) is 5.41. The third kappa shape index (κ3) is 3.13. The Balaban J connectivity index is 1.88. The molecule has 0 heterocycles. The largest absolute Gasteiger partial charge is 0.508 e. The lowest BCUT2D eigenvalue weighted by molar-refractivity contribution is 0.375. The van der Waals surface area contributed by atoms with Gasteiger partial charge in [0.1, 0.15) is 11.5 Å². The molecule has 0 spiro atoms. The van der Waals surface area contributed by atoms with Crippen LogP contribution in [-0.2, 0) is 6.54 Å². The highest BCUT2D eigenvalue weighted by Crippen LogP contribution is 2.28. The summed E-state index contributed by atoms with van der Waals surface area (Å²) in [5.41, 5.74) is 0.840. The molecule has 94 valence electrons. The minimum atomic E-state index is 0.107. The van der Waals surface area contributed by atoms with Gasteiger partial charge in [-0.2, -0.15) is 0 Å². The minimum Gasteiger partial charge on any atom is -0.508 e. The zero-order valence-corrected chi connectivity index (χ0v) is 10.3. The lowest BCUT2D eigenvalue weighted by atomic mass is 9.99. The number of nitrogens with one attached hydrogen (secondary N) is 1. The van der Waals surface area contributed by atoms with Gasteiger partial charge in [-0.15, -0.1) is 0 Å². The molecule has 0 saturated heterocycles. The molecule has 0 radical (unpaired) electrons. The predicted octanol–water partition coefficient (Wildman–Crippen LogP) is 2.77. The molecule has 3 nitrogen and oxygen atoms in total. The van der Waals surface area contributed by atoms with Crippen LogP contribution in [0.15, 0.2) is 18.2 Å². The van der Waals surface area contributed by atoms with E-state index in [0.717, 1.165) is 11.5 Å². The summed E-state index contributed by atoms with van der Waals surface area (Å²) < 4.78 is 0. The normalized spacial score (nSPS) is 18.4. The highest BCUT2D eigenvalue weighted by Gasteiger charge is 2.21.